The van der Waals surface area contributed by atoms with E-state index in [0.29, 0.717) is 12.0 Å². The molecule has 2 aromatic carbocycles. The molecule has 2 atom stereocenters. The number of nitrogens with two attached hydrogens (primary N) is 1. The van der Waals surface area contributed by atoms with Gasteiger partial charge in [0.1, 0.15) is 0 Å². The highest BCUT2D eigenvalue weighted by molar-refractivity contribution is 5.89. The van der Waals surface area contributed by atoms with Crippen molar-refractivity contribution < 1.29 is 15.0 Å². The van der Waals surface area contributed by atoms with Gasteiger partial charge in [0.15, 0.2) is 0 Å². The third kappa shape index (κ3) is 3.23. The van der Waals surface area contributed by atoms with Gasteiger partial charge in [-0.3, -0.25) is 0 Å². The lowest BCUT2D eigenvalue weighted by atomic mass is 9.94. The van der Waals surface area contributed by atoms with Crippen molar-refractivity contribution >= 4 is 5.97 Å². The number of carboxylic acid groups (broad SMARTS) is 1. The molecule has 0 saturated heterocycles. The predicted molar refractivity (Wildman–Crippen MR) is 76.5 cm³/mol. The first-order valence-electron chi connectivity index (χ1n) is 6.39. The summed E-state index contributed by atoms with van der Waals surface area (Å²) in [5.74, 6) is -1.06. The van der Waals surface area contributed by atoms with Crippen LogP contribution in [0.3, 0.4) is 0 Å². The summed E-state index contributed by atoms with van der Waals surface area (Å²) < 4.78 is 0. The SMILES string of the molecule is NC(Cc1ccccc1)C(O)c1ccccc1C(=O)O. The van der Waals surface area contributed by atoms with Crippen molar-refractivity contribution in [2.45, 2.75) is 18.6 Å². The number of aliphatic hydroxyl groups is 1. The minimum Gasteiger partial charge on any atom is -0.478 e. The first-order valence-corrected chi connectivity index (χ1v) is 6.39. The zero-order valence-corrected chi connectivity index (χ0v) is 10.9. The average molecular weight is 271 g/mol. The van der Waals surface area contributed by atoms with Crippen molar-refractivity contribution in [3.05, 3.63) is 71.3 Å². The summed E-state index contributed by atoms with van der Waals surface area (Å²) in [5, 5.41) is 19.4. The average Bonchev–Trinajstić information content (AvgIpc) is 2.47. The van der Waals surface area contributed by atoms with Gasteiger partial charge < -0.3 is 15.9 Å². The van der Waals surface area contributed by atoms with Crippen LogP contribution in [0.2, 0.25) is 0 Å². The molecule has 0 fully saturated rings. The van der Waals surface area contributed by atoms with Gasteiger partial charge in [0.2, 0.25) is 0 Å². The number of rotatable bonds is 5. The molecule has 2 aromatic rings. The van der Waals surface area contributed by atoms with Crippen molar-refractivity contribution in [2.24, 2.45) is 5.73 Å². The normalized spacial score (nSPS) is 13.7. The lowest BCUT2D eigenvalue weighted by Gasteiger charge is -2.20. The first kappa shape index (κ1) is 14.2. The topological polar surface area (TPSA) is 83.5 Å². The molecule has 4 nitrogen and oxygen atoms in total. The summed E-state index contributed by atoms with van der Waals surface area (Å²) in [7, 11) is 0. The maximum Gasteiger partial charge on any atom is 0.336 e. The van der Waals surface area contributed by atoms with Crippen molar-refractivity contribution in [3.63, 3.8) is 0 Å². The Morgan fingerprint density at radius 1 is 1.05 bits per heavy atom. The third-order valence-electron chi connectivity index (χ3n) is 3.23. The van der Waals surface area contributed by atoms with E-state index in [1.165, 1.54) is 6.07 Å². The largest absolute Gasteiger partial charge is 0.478 e. The summed E-state index contributed by atoms with van der Waals surface area (Å²) in [6.07, 6.45) is -0.529. The fourth-order valence-electron chi connectivity index (χ4n) is 2.18. The van der Waals surface area contributed by atoms with Crippen LogP contribution in [0.1, 0.15) is 27.6 Å². The number of aliphatic hydroxyl groups excluding tert-OH is 1. The minimum atomic E-state index is -1.06. The molecular formula is C16H17NO3. The molecule has 104 valence electrons. The van der Waals surface area contributed by atoms with Crippen LogP contribution in [-0.2, 0) is 6.42 Å². The van der Waals surface area contributed by atoms with Crippen molar-refractivity contribution in [1.82, 2.24) is 0 Å². The van der Waals surface area contributed by atoms with E-state index in [2.05, 4.69) is 0 Å². The van der Waals surface area contributed by atoms with Crippen LogP contribution >= 0.6 is 0 Å². The van der Waals surface area contributed by atoms with Crippen molar-refractivity contribution in [2.75, 3.05) is 0 Å². The van der Waals surface area contributed by atoms with E-state index >= 15 is 0 Å². The zero-order valence-electron chi connectivity index (χ0n) is 10.9. The molecule has 20 heavy (non-hydrogen) atoms. The molecule has 0 bridgehead atoms. The Morgan fingerprint density at radius 3 is 2.30 bits per heavy atom. The summed E-state index contributed by atoms with van der Waals surface area (Å²) in [6.45, 7) is 0. The highest BCUT2D eigenvalue weighted by Gasteiger charge is 2.22. The van der Waals surface area contributed by atoms with Crippen LogP contribution in [0.25, 0.3) is 0 Å². The number of aromatic carboxylic acids is 1. The van der Waals surface area contributed by atoms with Gasteiger partial charge in [-0.15, -0.1) is 0 Å². The number of hydrogen-bond acceptors (Lipinski definition) is 3. The molecule has 2 rings (SSSR count). The first-order chi connectivity index (χ1) is 9.59. The Hall–Kier alpha value is -2.17. The van der Waals surface area contributed by atoms with E-state index in [-0.39, 0.29) is 5.56 Å². The smallest absolute Gasteiger partial charge is 0.336 e. The van der Waals surface area contributed by atoms with E-state index in [4.69, 9.17) is 10.8 Å². The molecule has 0 spiro atoms. The summed E-state index contributed by atoms with van der Waals surface area (Å²) in [4.78, 5) is 11.2. The second kappa shape index (κ2) is 6.32. The zero-order chi connectivity index (χ0) is 14.5. The van der Waals surface area contributed by atoms with E-state index in [1.807, 2.05) is 30.3 Å². The van der Waals surface area contributed by atoms with Crippen LogP contribution in [-0.4, -0.2) is 22.2 Å². The number of carbonyl (C=O) groups is 1. The van der Waals surface area contributed by atoms with Crippen LogP contribution in [0.15, 0.2) is 54.6 Å². The van der Waals surface area contributed by atoms with E-state index in [9.17, 15) is 9.90 Å². The number of benzene rings is 2. The molecule has 0 heterocycles. The van der Waals surface area contributed by atoms with Crippen LogP contribution in [0.5, 0.6) is 0 Å². The molecule has 0 aliphatic rings. The van der Waals surface area contributed by atoms with Gasteiger partial charge >= 0.3 is 5.97 Å². The molecule has 0 radical (unpaired) electrons. The Labute approximate surface area is 117 Å². The van der Waals surface area contributed by atoms with Gasteiger partial charge in [-0.25, -0.2) is 4.79 Å². The summed E-state index contributed by atoms with van der Waals surface area (Å²) >= 11 is 0. The molecule has 0 amide bonds. The molecule has 0 aliphatic heterocycles. The van der Waals surface area contributed by atoms with Crippen molar-refractivity contribution in [3.8, 4) is 0 Å². The predicted octanol–water partition coefficient (Wildman–Crippen LogP) is 1.99. The third-order valence-corrected chi connectivity index (χ3v) is 3.23. The maximum absolute atomic E-state index is 11.2. The minimum absolute atomic E-state index is 0.0866. The second-order valence-electron chi connectivity index (χ2n) is 4.69. The van der Waals surface area contributed by atoms with Gasteiger partial charge in [-0.05, 0) is 23.6 Å². The highest BCUT2D eigenvalue weighted by Crippen LogP contribution is 2.22. The summed E-state index contributed by atoms with van der Waals surface area (Å²) in [5.41, 5.74) is 7.45. The second-order valence-corrected chi connectivity index (χ2v) is 4.69. The molecule has 0 aliphatic carbocycles. The Kier molecular flexibility index (Phi) is 4.50. The Balaban J connectivity index is 2.19. The quantitative estimate of drug-likeness (QED) is 0.776. The van der Waals surface area contributed by atoms with E-state index in [0.717, 1.165) is 5.56 Å². The fraction of sp³-hybridized carbons (Fsp3) is 0.188. The summed E-state index contributed by atoms with van der Waals surface area (Å²) in [6, 6.07) is 15.4. The van der Waals surface area contributed by atoms with Gasteiger partial charge in [-0.1, -0.05) is 48.5 Å². The molecule has 4 heteroatoms. The lowest BCUT2D eigenvalue weighted by molar-refractivity contribution is 0.0686. The molecule has 0 aromatic heterocycles. The monoisotopic (exact) mass is 271 g/mol. The van der Waals surface area contributed by atoms with Crippen LogP contribution in [0.4, 0.5) is 0 Å². The van der Waals surface area contributed by atoms with E-state index in [1.54, 1.807) is 18.2 Å². The van der Waals surface area contributed by atoms with Crippen LogP contribution < -0.4 is 5.73 Å². The van der Waals surface area contributed by atoms with Crippen LogP contribution in [0, 0.1) is 0 Å². The Bertz CT molecular complexity index is 583. The van der Waals surface area contributed by atoms with Crippen molar-refractivity contribution in [1.29, 1.82) is 0 Å². The number of hydrogen-bond donors (Lipinski definition) is 3. The number of carboxylic acids is 1. The highest BCUT2D eigenvalue weighted by atomic mass is 16.4. The molecule has 4 N–H and O–H groups in total. The Morgan fingerprint density at radius 2 is 1.65 bits per heavy atom. The van der Waals surface area contributed by atoms with E-state index < -0.39 is 18.1 Å². The maximum atomic E-state index is 11.2. The lowest BCUT2D eigenvalue weighted by Crippen LogP contribution is -2.31. The molecule has 0 saturated carbocycles. The fourth-order valence-corrected chi connectivity index (χ4v) is 2.18. The van der Waals surface area contributed by atoms with Gasteiger partial charge in [0, 0.05) is 6.04 Å². The van der Waals surface area contributed by atoms with Gasteiger partial charge in [-0.2, -0.15) is 0 Å². The molecular weight excluding hydrogens is 254 g/mol. The standard InChI is InChI=1S/C16H17NO3/c17-14(10-11-6-2-1-3-7-11)15(18)12-8-4-5-9-13(12)16(19)20/h1-9,14-15,18H,10,17H2,(H,19,20). The molecule has 2 unspecified atom stereocenters. The van der Waals surface area contributed by atoms with Gasteiger partial charge in [0.05, 0.1) is 11.7 Å². The van der Waals surface area contributed by atoms with Gasteiger partial charge in [0.25, 0.3) is 0 Å².